The highest BCUT2D eigenvalue weighted by Crippen LogP contribution is 2.35. The Morgan fingerprint density at radius 2 is 2.19 bits per heavy atom. The molecule has 0 radical (unpaired) electrons. The third-order valence-corrected chi connectivity index (χ3v) is 3.98. The molecule has 4 heteroatoms. The monoisotopic (exact) mass is 241 g/mol. The van der Waals surface area contributed by atoms with Crippen molar-refractivity contribution in [1.82, 2.24) is 14.8 Å². The molecule has 0 amide bonds. The Balaban J connectivity index is 2.14. The topological polar surface area (TPSA) is 30.7 Å². The molecule has 1 aromatic heterocycles. The number of aromatic nitrogens is 3. The van der Waals surface area contributed by atoms with Gasteiger partial charge in [-0.1, -0.05) is 26.2 Å². The van der Waals surface area contributed by atoms with Gasteiger partial charge in [0.05, 0.1) is 5.88 Å². The van der Waals surface area contributed by atoms with Crippen LogP contribution in [0.25, 0.3) is 0 Å². The predicted molar refractivity (Wildman–Crippen MR) is 65.5 cm³/mol. The van der Waals surface area contributed by atoms with E-state index in [1.807, 2.05) is 6.33 Å². The van der Waals surface area contributed by atoms with Crippen molar-refractivity contribution in [1.29, 1.82) is 0 Å². The number of hydrogen-bond donors (Lipinski definition) is 0. The van der Waals surface area contributed by atoms with Crippen LogP contribution in [0.4, 0.5) is 0 Å². The fraction of sp³-hybridized carbons (Fsp3) is 0.833. The van der Waals surface area contributed by atoms with E-state index in [4.69, 9.17) is 11.6 Å². The highest BCUT2D eigenvalue weighted by Gasteiger charge is 2.25. The van der Waals surface area contributed by atoms with Gasteiger partial charge >= 0.3 is 0 Å². The maximum atomic E-state index is 5.89. The minimum atomic E-state index is 0.462. The van der Waals surface area contributed by atoms with Crippen LogP contribution in [0.5, 0.6) is 0 Å². The van der Waals surface area contributed by atoms with Gasteiger partial charge in [0, 0.05) is 6.04 Å². The molecular weight excluding hydrogens is 222 g/mol. The molecule has 2 rings (SSSR count). The Kier molecular flexibility index (Phi) is 4.22. The van der Waals surface area contributed by atoms with Gasteiger partial charge in [0.25, 0.3) is 0 Å². The number of alkyl halides is 1. The molecule has 0 bridgehead atoms. The van der Waals surface area contributed by atoms with Crippen LogP contribution in [0, 0.1) is 5.92 Å². The van der Waals surface area contributed by atoms with E-state index in [2.05, 4.69) is 21.7 Å². The summed E-state index contributed by atoms with van der Waals surface area (Å²) in [6, 6.07) is 0.545. The molecule has 1 aliphatic rings. The number of hydrogen-bond acceptors (Lipinski definition) is 2. The van der Waals surface area contributed by atoms with Gasteiger partial charge in [0.2, 0.25) is 0 Å². The van der Waals surface area contributed by atoms with E-state index in [9.17, 15) is 0 Å². The number of rotatable bonds is 4. The molecule has 1 unspecified atom stereocenters. The van der Waals surface area contributed by atoms with E-state index >= 15 is 0 Å². The Bertz CT molecular complexity index is 318. The molecule has 0 spiro atoms. The van der Waals surface area contributed by atoms with Gasteiger partial charge in [0.15, 0.2) is 0 Å². The van der Waals surface area contributed by atoms with Crippen molar-refractivity contribution in [3.05, 3.63) is 12.2 Å². The lowest BCUT2D eigenvalue weighted by molar-refractivity contribution is 0.240. The average molecular weight is 242 g/mol. The zero-order valence-corrected chi connectivity index (χ0v) is 10.7. The molecule has 90 valence electrons. The summed E-state index contributed by atoms with van der Waals surface area (Å²) in [5.74, 6) is 2.17. The first-order chi connectivity index (χ1) is 7.86. The van der Waals surface area contributed by atoms with Crippen molar-refractivity contribution < 1.29 is 0 Å². The average Bonchev–Trinajstić information content (AvgIpc) is 2.80. The van der Waals surface area contributed by atoms with Crippen LogP contribution in [-0.2, 0) is 5.88 Å². The Labute approximate surface area is 102 Å². The molecule has 0 aliphatic heterocycles. The largest absolute Gasteiger partial charge is 0.313 e. The first-order valence-electron chi connectivity index (χ1n) is 6.31. The summed E-state index contributed by atoms with van der Waals surface area (Å²) < 4.78 is 2.20. The highest BCUT2D eigenvalue weighted by atomic mass is 35.5. The molecule has 16 heavy (non-hydrogen) atoms. The van der Waals surface area contributed by atoms with E-state index in [1.165, 1.54) is 32.1 Å². The van der Waals surface area contributed by atoms with E-state index in [0.717, 1.165) is 18.2 Å². The Hall–Kier alpha value is -0.570. The summed E-state index contributed by atoms with van der Waals surface area (Å²) in [5.41, 5.74) is 0. The standard InChI is InChI=1S/C12H20ClN3/c1-2-11(10-6-4-3-5-7-10)16-9-14-15-12(16)8-13/h9-11H,2-8H2,1H3. The van der Waals surface area contributed by atoms with Crippen molar-refractivity contribution in [2.45, 2.75) is 57.4 Å². The van der Waals surface area contributed by atoms with Gasteiger partial charge in [-0.2, -0.15) is 0 Å². The first-order valence-corrected chi connectivity index (χ1v) is 6.84. The molecule has 1 heterocycles. The van der Waals surface area contributed by atoms with Gasteiger partial charge in [0.1, 0.15) is 12.2 Å². The molecule has 1 fully saturated rings. The second-order valence-corrected chi connectivity index (χ2v) is 4.93. The first kappa shape index (κ1) is 11.9. The quantitative estimate of drug-likeness (QED) is 0.755. The summed E-state index contributed by atoms with van der Waals surface area (Å²) in [6.07, 6.45) is 9.83. The zero-order chi connectivity index (χ0) is 11.4. The van der Waals surface area contributed by atoms with Gasteiger partial charge < -0.3 is 4.57 Å². The van der Waals surface area contributed by atoms with Crippen molar-refractivity contribution in [3.63, 3.8) is 0 Å². The summed E-state index contributed by atoms with van der Waals surface area (Å²) in [6.45, 7) is 2.25. The zero-order valence-electron chi connectivity index (χ0n) is 9.90. The van der Waals surface area contributed by atoms with Crippen molar-refractivity contribution in [2.24, 2.45) is 5.92 Å². The molecule has 0 saturated heterocycles. The van der Waals surface area contributed by atoms with Crippen LogP contribution < -0.4 is 0 Å². The summed E-state index contributed by atoms with van der Waals surface area (Å²) in [5, 5.41) is 8.06. The fourth-order valence-electron chi connectivity index (χ4n) is 2.92. The molecule has 1 aromatic rings. The van der Waals surface area contributed by atoms with Crippen LogP contribution in [0.3, 0.4) is 0 Å². The van der Waals surface area contributed by atoms with Crippen LogP contribution in [0.15, 0.2) is 6.33 Å². The lowest BCUT2D eigenvalue weighted by atomic mass is 9.83. The molecular formula is C12H20ClN3. The minimum absolute atomic E-state index is 0.462. The number of halogens is 1. The van der Waals surface area contributed by atoms with Crippen LogP contribution in [0.1, 0.15) is 57.3 Å². The van der Waals surface area contributed by atoms with Gasteiger partial charge in [-0.25, -0.2) is 0 Å². The van der Waals surface area contributed by atoms with Gasteiger partial charge in [-0.15, -0.1) is 21.8 Å². The predicted octanol–water partition coefficient (Wildman–Crippen LogP) is 3.55. The van der Waals surface area contributed by atoms with E-state index in [0.29, 0.717) is 11.9 Å². The lowest BCUT2D eigenvalue weighted by Gasteiger charge is -2.30. The van der Waals surface area contributed by atoms with Gasteiger partial charge in [-0.3, -0.25) is 0 Å². The van der Waals surface area contributed by atoms with Crippen molar-refractivity contribution in [2.75, 3.05) is 0 Å². The van der Waals surface area contributed by atoms with Gasteiger partial charge in [-0.05, 0) is 25.2 Å². The smallest absolute Gasteiger partial charge is 0.148 e. The second kappa shape index (κ2) is 5.67. The highest BCUT2D eigenvalue weighted by molar-refractivity contribution is 6.16. The lowest BCUT2D eigenvalue weighted by Crippen LogP contribution is -2.22. The van der Waals surface area contributed by atoms with Crippen molar-refractivity contribution >= 4 is 11.6 Å². The van der Waals surface area contributed by atoms with Crippen LogP contribution in [-0.4, -0.2) is 14.8 Å². The van der Waals surface area contributed by atoms with Crippen molar-refractivity contribution in [3.8, 4) is 0 Å². The maximum absolute atomic E-state index is 5.89. The molecule has 1 aliphatic carbocycles. The van der Waals surface area contributed by atoms with E-state index < -0.39 is 0 Å². The Morgan fingerprint density at radius 3 is 2.81 bits per heavy atom. The Morgan fingerprint density at radius 1 is 1.44 bits per heavy atom. The molecule has 0 aromatic carbocycles. The summed E-state index contributed by atoms with van der Waals surface area (Å²) in [4.78, 5) is 0. The third-order valence-electron chi connectivity index (χ3n) is 3.74. The SMILES string of the molecule is CCC(C1CCCCC1)n1cnnc1CCl. The second-order valence-electron chi connectivity index (χ2n) is 4.66. The number of nitrogens with zero attached hydrogens (tertiary/aromatic N) is 3. The minimum Gasteiger partial charge on any atom is -0.313 e. The maximum Gasteiger partial charge on any atom is 0.148 e. The normalized spacial score (nSPS) is 19.9. The third kappa shape index (κ3) is 2.40. The fourth-order valence-corrected chi connectivity index (χ4v) is 3.11. The molecule has 0 N–H and O–H groups in total. The summed E-state index contributed by atoms with van der Waals surface area (Å²) in [7, 11) is 0. The van der Waals surface area contributed by atoms with E-state index in [-0.39, 0.29) is 0 Å². The molecule has 3 nitrogen and oxygen atoms in total. The molecule has 1 saturated carbocycles. The van der Waals surface area contributed by atoms with Crippen LogP contribution >= 0.6 is 11.6 Å². The van der Waals surface area contributed by atoms with E-state index in [1.54, 1.807) is 0 Å². The summed E-state index contributed by atoms with van der Waals surface area (Å²) >= 11 is 5.89. The molecule has 1 atom stereocenters. The van der Waals surface area contributed by atoms with Crippen LogP contribution in [0.2, 0.25) is 0 Å².